The number of hydrogen-bond donors (Lipinski definition) is 3. The van der Waals surface area contributed by atoms with E-state index in [1.807, 2.05) is 30.3 Å². The molecular formula is C25H22FN5O4S. The molecule has 11 heteroatoms. The molecule has 3 amide bonds. The topological polar surface area (TPSA) is 114 Å². The summed E-state index contributed by atoms with van der Waals surface area (Å²) < 4.78 is 25.6. The molecular weight excluding hydrogens is 485 g/mol. The Kier molecular flexibility index (Phi) is 6.89. The zero-order valence-electron chi connectivity index (χ0n) is 19.0. The first-order chi connectivity index (χ1) is 17.5. The fraction of sp³-hybridized carbons (Fsp3) is 0.200. The molecule has 3 N–H and O–H groups in total. The second kappa shape index (κ2) is 10.6. The molecule has 2 aromatic carbocycles. The summed E-state index contributed by atoms with van der Waals surface area (Å²) in [7, 11) is 0. The highest BCUT2D eigenvalue weighted by atomic mass is 32.1. The Balaban J connectivity index is 1.17. The molecule has 0 bridgehead atoms. The summed E-state index contributed by atoms with van der Waals surface area (Å²) >= 11 is 1.25. The van der Waals surface area contributed by atoms with Crippen LogP contribution in [0.5, 0.6) is 17.4 Å². The highest BCUT2D eigenvalue weighted by Gasteiger charge is 2.30. The lowest BCUT2D eigenvalue weighted by atomic mass is 10.3. The minimum atomic E-state index is -0.611. The fourth-order valence-corrected chi connectivity index (χ4v) is 4.10. The van der Waals surface area contributed by atoms with Crippen LogP contribution in [-0.2, 0) is 4.79 Å². The van der Waals surface area contributed by atoms with E-state index in [1.165, 1.54) is 29.5 Å². The standard InChI is InChI=1S/C25H22FN5O4S/c26-18-9-8-17(14-20(18)28-24(33)27-12-13-34-16-4-2-1-3-5-16)35-21-11-10-19-23(30-21)36-25(29-19)31-22(32)15-6-7-15/h1-5,8-11,14-15H,6-7,12-13H2,(H2,27,28,33)(H,29,31,32). The van der Waals surface area contributed by atoms with Crippen molar-refractivity contribution in [2.24, 2.45) is 5.92 Å². The van der Waals surface area contributed by atoms with Crippen LogP contribution in [-0.4, -0.2) is 35.1 Å². The number of para-hydroxylation sites is 1. The molecule has 1 aliphatic carbocycles. The zero-order valence-corrected chi connectivity index (χ0v) is 19.8. The molecule has 4 aromatic rings. The summed E-state index contributed by atoms with van der Waals surface area (Å²) in [6.07, 6.45) is 1.82. The van der Waals surface area contributed by atoms with Crippen molar-refractivity contribution in [3.05, 3.63) is 66.5 Å². The van der Waals surface area contributed by atoms with Gasteiger partial charge in [0.1, 0.15) is 34.3 Å². The average Bonchev–Trinajstić information content (AvgIpc) is 3.65. The van der Waals surface area contributed by atoms with Gasteiger partial charge in [-0.3, -0.25) is 4.79 Å². The molecule has 2 heterocycles. The van der Waals surface area contributed by atoms with Crippen molar-refractivity contribution >= 4 is 44.4 Å². The van der Waals surface area contributed by atoms with Crippen LogP contribution in [0.25, 0.3) is 10.3 Å². The van der Waals surface area contributed by atoms with Crippen LogP contribution in [0, 0.1) is 11.7 Å². The van der Waals surface area contributed by atoms with E-state index in [0.29, 0.717) is 21.2 Å². The van der Waals surface area contributed by atoms with Crippen LogP contribution < -0.4 is 25.4 Å². The maximum Gasteiger partial charge on any atom is 0.319 e. The van der Waals surface area contributed by atoms with Gasteiger partial charge in [0.2, 0.25) is 11.8 Å². The molecule has 0 saturated heterocycles. The number of hydrogen-bond acceptors (Lipinski definition) is 7. The quantitative estimate of drug-likeness (QED) is 0.269. The molecule has 1 fully saturated rings. The first-order valence-corrected chi connectivity index (χ1v) is 12.1. The van der Waals surface area contributed by atoms with Crippen LogP contribution in [0.4, 0.5) is 20.0 Å². The number of rotatable bonds is 9. The number of carbonyl (C=O) groups excluding carboxylic acids is 2. The Morgan fingerprint density at radius 2 is 1.83 bits per heavy atom. The summed E-state index contributed by atoms with van der Waals surface area (Å²) in [5.41, 5.74) is 0.589. The molecule has 1 saturated carbocycles. The number of amides is 3. The largest absolute Gasteiger partial charge is 0.492 e. The number of nitrogens with zero attached hydrogens (tertiary/aromatic N) is 2. The van der Waals surface area contributed by atoms with E-state index in [0.717, 1.165) is 12.8 Å². The highest BCUT2D eigenvalue weighted by Crippen LogP contribution is 2.33. The first kappa shape index (κ1) is 23.5. The van der Waals surface area contributed by atoms with Crippen molar-refractivity contribution in [2.75, 3.05) is 23.8 Å². The van der Waals surface area contributed by atoms with Crippen molar-refractivity contribution in [1.29, 1.82) is 0 Å². The molecule has 184 valence electrons. The minimum Gasteiger partial charge on any atom is -0.492 e. The molecule has 1 aliphatic rings. The Labute approximate surface area is 209 Å². The van der Waals surface area contributed by atoms with E-state index in [2.05, 4.69) is 25.9 Å². The van der Waals surface area contributed by atoms with Gasteiger partial charge in [0.25, 0.3) is 0 Å². The SMILES string of the molecule is O=C(NCCOc1ccccc1)Nc1cc(Oc2ccc3nc(NC(=O)C4CC4)sc3n2)ccc1F. The Hall–Kier alpha value is -4.25. The van der Waals surface area contributed by atoms with E-state index in [4.69, 9.17) is 9.47 Å². The van der Waals surface area contributed by atoms with Crippen molar-refractivity contribution in [3.63, 3.8) is 0 Å². The second-order valence-corrected chi connectivity index (χ2v) is 9.02. The number of thiazole rings is 1. The number of halogens is 1. The molecule has 5 rings (SSSR count). The smallest absolute Gasteiger partial charge is 0.319 e. The molecule has 2 aromatic heterocycles. The Morgan fingerprint density at radius 3 is 2.64 bits per heavy atom. The van der Waals surface area contributed by atoms with Gasteiger partial charge in [-0.05, 0) is 43.2 Å². The van der Waals surface area contributed by atoms with Gasteiger partial charge in [0, 0.05) is 18.1 Å². The lowest BCUT2D eigenvalue weighted by Crippen LogP contribution is -2.32. The minimum absolute atomic E-state index is 0.0235. The van der Waals surface area contributed by atoms with Gasteiger partial charge < -0.3 is 25.4 Å². The second-order valence-electron chi connectivity index (χ2n) is 8.04. The van der Waals surface area contributed by atoms with Crippen molar-refractivity contribution in [3.8, 4) is 17.4 Å². The first-order valence-electron chi connectivity index (χ1n) is 11.3. The number of urea groups is 1. The van der Waals surface area contributed by atoms with Gasteiger partial charge in [-0.1, -0.05) is 29.5 Å². The predicted molar refractivity (Wildman–Crippen MR) is 134 cm³/mol. The third-order valence-corrected chi connectivity index (χ3v) is 6.10. The van der Waals surface area contributed by atoms with Crippen LogP contribution in [0.3, 0.4) is 0 Å². The van der Waals surface area contributed by atoms with Crippen LogP contribution >= 0.6 is 11.3 Å². The summed E-state index contributed by atoms with van der Waals surface area (Å²) in [6.45, 7) is 0.501. The number of nitrogens with one attached hydrogen (secondary N) is 3. The summed E-state index contributed by atoms with van der Waals surface area (Å²) in [5.74, 6) is 0.698. The lowest BCUT2D eigenvalue weighted by molar-refractivity contribution is -0.117. The van der Waals surface area contributed by atoms with Crippen LogP contribution in [0.15, 0.2) is 60.7 Å². The van der Waals surface area contributed by atoms with E-state index < -0.39 is 11.8 Å². The molecule has 9 nitrogen and oxygen atoms in total. The number of carbonyl (C=O) groups is 2. The third kappa shape index (κ3) is 6.05. The van der Waals surface area contributed by atoms with Gasteiger partial charge in [0.15, 0.2) is 5.13 Å². The molecule has 0 unspecified atom stereocenters. The summed E-state index contributed by atoms with van der Waals surface area (Å²) in [5, 5.41) is 8.38. The number of ether oxygens (including phenoxy) is 2. The van der Waals surface area contributed by atoms with Crippen LogP contribution in [0.2, 0.25) is 0 Å². The highest BCUT2D eigenvalue weighted by molar-refractivity contribution is 7.21. The summed E-state index contributed by atoms with van der Waals surface area (Å²) in [6, 6.07) is 16.0. The monoisotopic (exact) mass is 507 g/mol. The van der Waals surface area contributed by atoms with E-state index >= 15 is 0 Å². The number of pyridine rings is 1. The van der Waals surface area contributed by atoms with Crippen molar-refractivity contribution < 1.29 is 23.5 Å². The number of benzene rings is 2. The molecule has 0 aliphatic heterocycles. The summed E-state index contributed by atoms with van der Waals surface area (Å²) in [4.78, 5) is 33.5. The third-order valence-electron chi connectivity index (χ3n) is 5.22. The van der Waals surface area contributed by atoms with Crippen LogP contribution in [0.1, 0.15) is 12.8 Å². The number of anilines is 2. The van der Waals surface area contributed by atoms with Gasteiger partial charge >= 0.3 is 6.03 Å². The average molecular weight is 508 g/mol. The van der Waals surface area contributed by atoms with Crippen molar-refractivity contribution in [2.45, 2.75) is 12.8 Å². The van der Waals surface area contributed by atoms with Crippen molar-refractivity contribution in [1.82, 2.24) is 15.3 Å². The Morgan fingerprint density at radius 1 is 1.00 bits per heavy atom. The maximum atomic E-state index is 14.3. The Bertz CT molecular complexity index is 1390. The molecule has 0 spiro atoms. The molecule has 0 atom stereocenters. The maximum absolute atomic E-state index is 14.3. The number of fused-ring (bicyclic) bond motifs is 1. The number of aromatic nitrogens is 2. The van der Waals surface area contributed by atoms with Gasteiger partial charge in [-0.25, -0.2) is 19.2 Å². The van der Waals surface area contributed by atoms with E-state index in [1.54, 1.807) is 12.1 Å². The van der Waals surface area contributed by atoms with E-state index in [9.17, 15) is 14.0 Å². The van der Waals surface area contributed by atoms with E-state index in [-0.39, 0.29) is 42.3 Å². The molecule has 36 heavy (non-hydrogen) atoms. The molecule has 0 radical (unpaired) electrons. The predicted octanol–water partition coefficient (Wildman–Crippen LogP) is 5.17. The lowest BCUT2D eigenvalue weighted by Gasteiger charge is -2.11. The zero-order chi connectivity index (χ0) is 24.9. The normalized spacial score (nSPS) is 12.7. The van der Waals surface area contributed by atoms with Gasteiger partial charge in [-0.15, -0.1) is 0 Å². The van der Waals surface area contributed by atoms with Gasteiger partial charge in [-0.2, -0.15) is 0 Å². The fourth-order valence-electron chi connectivity index (χ4n) is 3.26. The van der Waals surface area contributed by atoms with Gasteiger partial charge in [0.05, 0.1) is 12.2 Å².